The molecule has 6 nitrogen and oxygen atoms in total. The largest absolute Gasteiger partial charge is 0.375 e. The van der Waals surface area contributed by atoms with E-state index in [0.717, 1.165) is 23.2 Å². The lowest BCUT2D eigenvalue weighted by Gasteiger charge is -2.09. The van der Waals surface area contributed by atoms with Gasteiger partial charge >= 0.3 is 0 Å². The normalized spacial score (nSPS) is 11.3. The molecule has 8 heteroatoms. The number of aryl methyl sites for hydroxylation is 1. The lowest BCUT2D eigenvalue weighted by atomic mass is 10.2. The maximum absolute atomic E-state index is 12.0. The third-order valence-electron chi connectivity index (χ3n) is 2.64. The second-order valence-corrected chi connectivity index (χ2v) is 7.18. The zero-order chi connectivity index (χ0) is 14.9. The Morgan fingerprint density at radius 3 is 2.65 bits per heavy atom. The molecule has 3 N–H and O–H groups in total. The van der Waals surface area contributed by atoms with Crippen molar-refractivity contribution in [3.05, 3.63) is 34.8 Å². The lowest BCUT2D eigenvalue weighted by molar-refractivity contribution is 0.102. The maximum atomic E-state index is 12.0. The molecule has 0 bridgehead atoms. The minimum atomic E-state index is -3.32. The standard InChI is InChI=1S/C12H13N3O3S2/c1-7-3-4-8(20(2,17)18)5-9(7)14-11(16)10-6-19-12(13)15-10/h3-6H,1-2H3,(H2,13,15)(H,14,16). The molecule has 0 atom stereocenters. The van der Waals surface area contributed by atoms with E-state index in [2.05, 4.69) is 10.3 Å². The van der Waals surface area contributed by atoms with Crippen LogP contribution in [0.3, 0.4) is 0 Å². The first kappa shape index (κ1) is 14.5. The van der Waals surface area contributed by atoms with Crippen LogP contribution in [0.4, 0.5) is 10.8 Å². The van der Waals surface area contributed by atoms with Crippen molar-refractivity contribution < 1.29 is 13.2 Å². The highest BCUT2D eigenvalue weighted by Crippen LogP contribution is 2.21. The summed E-state index contributed by atoms with van der Waals surface area (Å²) in [7, 11) is -3.32. The summed E-state index contributed by atoms with van der Waals surface area (Å²) in [5, 5.41) is 4.48. The van der Waals surface area contributed by atoms with E-state index in [1.54, 1.807) is 18.4 Å². The Labute approximate surface area is 120 Å². The molecule has 1 amide bonds. The smallest absolute Gasteiger partial charge is 0.275 e. The first-order chi connectivity index (χ1) is 9.27. The SMILES string of the molecule is Cc1ccc(S(C)(=O)=O)cc1NC(=O)c1csc(N)n1. The van der Waals surface area contributed by atoms with E-state index in [-0.39, 0.29) is 10.6 Å². The summed E-state index contributed by atoms with van der Waals surface area (Å²) in [6, 6.07) is 4.57. The number of nitrogen functional groups attached to an aromatic ring is 1. The molecule has 20 heavy (non-hydrogen) atoms. The molecule has 1 aromatic heterocycles. The number of nitrogens with two attached hydrogens (primary N) is 1. The number of hydrogen-bond acceptors (Lipinski definition) is 6. The Kier molecular flexibility index (Phi) is 3.78. The zero-order valence-electron chi connectivity index (χ0n) is 10.9. The van der Waals surface area contributed by atoms with Gasteiger partial charge in [-0.05, 0) is 24.6 Å². The van der Waals surface area contributed by atoms with Crippen molar-refractivity contribution in [1.29, 1.82) is 0 Å². The van der Waals surface area contributed by atoms with Gasteiger partial charge < -0.3 is 11.1 Å². The number of hydrogen-bond donors (Lipinski definition) is 2. The number of benzene rings is 1. The summed E-state index contributed by atoms with van der Waals surface area (Å²) in [5.74, 6) is -0.424. The van der Waals surface area contributed by atoms with E-state index < -0.39 is 15.7 Å². The number of rotatable bonds is 3. The molecule has 0 saturated heterocycles. The number of carbonyl (C=O) groups excluding carboxylic acids is 1. The van der Waals surface area contributed by atoms with E-state index in [4.69, 9.17) is 5.73 Å². The summed E-state index contributed by atoms with van der Waals surface area (Å²) < 4.78 is 23.0. The first-order valence-corrected chi connectivity index (χ1v) is 8.37. The highest BCUT2D eigenvalue weighted by atomic mass is 32.2. The minimum Gasteiger partial charge on any atom is -0.375 e. The van der Waals surface area contributed by atoms with Crippen molar-refractivity contribution in [2.75, 3.05) is 17.3 Å². The van der Waals surface area contributed by atoms with Gasteiger partial charge in [0.1, 0.15) is 5.69 Å². The quantitative estimate of drug-likeness (QED) is 0.898. The number of sulfone groups is 1. The van der Waals surface area contributed by atoms with Gasteiger partial charge in [-0.15, -0.1) is 11.3 Å². The highest BCUT2D eigenvalue weighted by Gasteiger charge is 2.14. The summed E-state index contributed by atoms with van der Waals surface area (Å²) in [5.41, 5.74) is 6.87. The number of amides is 1. The number of carbonyl (C=O) groups is 1. The fraction of sp³-hybridized carbons (Fsp3) is 0.167. The van der Waals surface area contributed by atoms with Crippen molar-refractivity contribution in [1.82, 2.24) is 4.98 Å². The minimum absolute atomic E-state index is 0.149. The predicted octanol–water partition coefficient (Wildman–Crippen LogP) is 1.69. The molecule has 1 aromatic carbocycles. The molecule has 0 aliphatic rings. The van der Waals surface area contributed by atoms with Crippen LogP contribution in [0.15, 0.2) is 28.5 Å². The van der Waals surface area contributed by atoms with Crippen molar-refractivity contribution >= 4 is 37.9 Å². The number of thiazole rings is 1. The van der Waals surface area contributed by atoms with Crippen LogP contribution in [0.2, 0.25) is 0 Å². The molecule has 1 heterocycles. The van der Waals surface area contributed by atoms with E-state index in [1.165, 1.54) is 12.1 Å². The van der Waals surface area contributed by atoms with Gasteiger partial charge in [0.15, 0.2) is 15.0 Å². The predicted molar refractivity (Wildman–Crippen MR) is 78.8 cm³/mol. The van der Waals surface area contributed by atoms with Gasteiger partial charge in [-0.2, -0.15) is 0 Å². The molecule has 0 saturated carbocycles. The van der Waals surface area contributed by atoms with Gasteiger partial charge in [-0.1, -0.05) is 6.07 Å². The third kappa shape index (κ3) is 3.14. The maximum Gasteiger partial charge on any atom is 0.275 e. The van der Waals surface area contributed by atoms with Gasteiger partial charge in [0.25, 0.3) is 5.91 Å². The van der Waals surface area contributed by atoms with E-state index in [9.17, 15) is 13.2 Å². The van der Waals surface area contributed by atoms with E-state index >= 15 is 0 Å². The monoisotopic (exact) mass is 311 g/mol. The molecular weight excluding hydrogens is 298 g/mol. The summed E-state index contributed by atoms with van der Waals surface area (Å²) in [6.07, 6.45) is 1.12. The van der Waals surface area contributed by atoms with Crippen LogP contribution in [-0.4, -0.2) is 25.6 Å². The van der Waals surface area contributed by atoms with Gasteiger partial charge in [-0.25, -0.2) is 13.4 Å². The van der Waals surface area contributed by atoms with Crippen LogP contribution in [0.25, 0.3) is 0 Å². The van der Waals surface area contributed by atoms with Crippen LogP contribution in [-0.2, 0) is 9.84 Å². The Morgan fingerprint density at radius 2 is 2.10 bits per heavy atom. The average Bonchev–Trinajstić information content (AvgIpc) is 2.77. The molecule has 2 rings (SSSR count). The van der Waals surface area contributed by atoms with Crippen molar-refractivity contribution in [2.24, 2.45) is 0 Å². The van der Waals surface area contributed by atoms with Gasteiger partial charge in [0.2, 0.25) is 0 Å². The van der Waals surface area contributed by atoms with Crippen LogP contribution in [0.5, 0.6) is 0 Å². The van der Waals surface area contributed by atoms with Gasteiger partial charge in [0.05, 0.1) is 4.90 Å². The number of aromatic nitrogens is 1. The highest BCUT2D eigenvalue weighted by molar-refractivity contribution is 7.90. The molecule has 2 aromatic rings. The van der Waals surface area contributed by atoms with Gasteiger partial charge in [0, 0.05) is 17.3 Å². The van der Waals surface area contributed by atoms with E-state index in [1.807, 2.05) is 0 Å². The second-order valence-electron chi connectivity index (χ2n) is 4.27. The molecule has 0 spiro atoms. The second kappa shape index (κ2) is 5.22. The first-order valence-electron chi connectivity index (χ1n) is 5.60. The number of anilines is 2. The molecule has 0 radical (unpaired) electrons. The zero-order valence-corrected chi connectivity index (χ0v) is 12.5. The van der Waals surface area contributed by atoms with Crippen LogP contribution in [0, 0.1) is 6.92 Å². The van der Waals surface area contributed by atoms with Crippen LogP contribution < -0.4 is 11.1 Å². The van der Waals surface area contributed by atoms with Crippen LogP contribution in [0.1, 0.15) is 16.1 Å². The van der Waals surface area contributed by atoms with Crippen molar-refractivity contribution in [2.45, 2.75) is 11.8 Å². The molecule has 106 valence electrons. The Balaban J connectivity index is 2.31. The topological polar surface area (TPSA) is 102 Å². The van der Waals surface area contributed by atoms with Crippen molar-refractivity contribution in [3.63, 3.8) is 0 Å². The summed E-state index contributed by atoms with van der Waals surface area (Å²) in [6.45, 7) is 1.77. The summed E-state index contributed by atoms with van der Waals surface area (Å²) >= 11 is 1.16. The van der Waals surface area contributed by atoms with Gasteiger partial charge in [-0.3, -0.25) is 4.79 Å². The molecular formula is C12H13N3O3S2. The lowest BCUT2D eigenvalue weighted by Crippen LogP contribution is -2.14. The van der Waals surface area contributed by atoms with E-state index in [0.29, 0.717) is 10.8 Å². The van der Waals surface area contributed by atoms with Crippen molar-refractivity contribution in [3.8, 4) is 0 Å². The fourth-order valence-electron chi connectivity index (χ4n) is 1.54. The molecule has 0 aliphatic carbocycles. The number of nitrogens with one attached hydrogen (secondary N) is 1. The Hall–Kier alpha value is -1.93. The third-order valence-corrected chi connectivity index (χ3v) is 4.42. The molecule has 0 unspecified atom stereocenters. The van der Waals surface area contributed by atoms with Crippen LogP contribution >= 0.6 is 11.3 Å². The Morgan fingerprint density at radius 1 is 1.40 bits per heavy atom. The molecule has 0 fully saturated rings. The fourth-order valence-corrected chi connectivity index (χ4v) is 2.74. The Bertz CT molecular complexity index is 766. The number of nitrogens with zero attached hydrogens (tertiary/aromatic N) is 1. The average molecular weight is 311 g/mol. The summed E-state index contributed by atoms with van der Waals surface area (Å²) in [4.78, 5) is 16.0. The molecule has 0 aliphatic heterocycles.